The minimum atomic E-state index is 0.0447. The Kier molecular flexibility index (Phi) is 6.60. The predicted molar refractivity (Wildman–Crippen MR) is 91.3 cm³/mol. The predicted octanol–water partition coefficient (Wildman–Crippen LogP) is 3.68. The lowest BCUT2D eigenvalue weighted by Gasteiger charge is -2.18. The fourth-order valence-corrected chi connectivity index (χ4v) is 2.50. The van der Waals surface area contributed by atoms with E-state index in [0.29, 0.717) is 6.42 Å². The van der Waals surface area contributed by atoms with Gasteiger partial charge in [-0.05, 0) is 49.1 Å². The Bertz CT molecular complexity index is 597. The maximum atomic E-state index is 12.1. The highest BCUT2D eigenvalue weighted by atomic mass is 16.5. The van der Waals surface area contributed by atoms with E-state index >= 15 is 0 Å². The molecule has 0 saturated carbocycles. The zero-order chi connectivity index (χ0) is 16.5. The third kappa shape index (κ3) is 5.40. The smallest absolute Gasteiger partial charge is 0.220 e. The minimum Gasteiger partial charge on any atom is -0.497 e. The van der Waals surface area contributed by atoms with Crippen molar-refractivity contribution in [3.8, 4) is 5.75 Å². The topological polar surface area (TPSA) is 51.2 Å². The van der Waals surface area contributed by atoms with E-state index in [2.05, 4.69) is 17.2 Å². The van der Waals surface area contributed by atoms with Crippen LogP contribution in [0.4, 0.5) is 0 Å². The Hall–Kier alpha value is -2.36. The van der Waals surface area contributed by atoms with Crippen LogP contribution in [0.2, 0.25) is 0 Å². The van der Waals surface area contributed by atoms with Crippen molar-refractivity contribution >= 4 is 5.91 Å². The maximum absolute atomic E-state index is 12.1. The van der Waals surface area contributed by atoms with Crippen LogP contribution >= 0.6 is 0 Å². The van der Waals surface area contributed by atoms with Crippen molar-refractivity contribution in [1.29, 1.82) is 0 Å². The first-order valence-electron chi connectivity index (χ1n) is 8.06. The zero-order valence-electron chi connectivity index (χ0n) is 13.8. The van der Waals surface area contributed by atoms with Crippen molar-refractivity contribution < 1.29 is 9.53 Å². The molecule has 23 heavy (non-hydrogen) atoms. The summed E-state index contributed by atoms with van der Waals surface area (Å²) in [7, 11) is 1.65. The summed E-state index contributed by atoms with van der Waals surface area (Å²) in [5.41, 5.74) is 2.13. The quantitative estimate of drug-likeness (QED) is 0.809. The average Bonchev–Trinajstić information content (AvgIpc) is 2.61. The van der Waals surface area contributed by atoms with Crippen LogP contribution in [0, 0.1) is 0 Å². The van der Waals surface area contributed by atoms with Gasteiger partial charge in [0.1, 0.15) is 5.75 Å². The van der Waals surface area contributed by atoms with E-state index in [1.54, 1.807) is 13.3 Å². The van der Waals surface area contributed by atoms with Gasteiger partial charge in [-0.1, -0.05) is 25.1 Å². The molecule has 0 spiro atoms. The molecule has 1 aromatic heterocycles. The second-order valence-corrected chi connectivity index (χ2v) is 5.48. The van der Waals surface area contributed by atoms with Gasteiger partial charge in [-0.25, -0.2) is 0 Å². The van der Waals surface area contributed by atoms with E-state index in [9.17, 15) is 4.79 Å². The number of hydrogen-bond acceptors (Lipinski definition) is 3. The number of nitrogens with zero attached hydrogens (tertiary/aromatic N) is 1. The van der Waals surface area contributed by atoms with Gasteiger partial charge < -0.3 is 10.1 Å². The van der Waals surface area contributed by atoms with E-state index in [1.807, 2.05) is 42.5 Å². The Balaban J connectivity index is 1.82. The Morgan fingerprint density at radius 3 is 2.61 bits per heavy atom. The second-order valence-electron chi connectivity index (χ2n) is 5.48. The van der Waals surface area contributed by atoms with E-state index in [1.165, 1.54) is 0 Å². The molecular formula is C19H24N2O2. The molecule has 1 atom stereocenters. The monoisotopic (exact) mass is 312 g/mol. The Morgan fingerprint density at radius 2 is 2.00 bits per heavy atom. The number of ether oxygens (including phenoxy) is 1. The summed E-state index contributed by atoms with van der Waals surface area (Å²) in [6, 6.07) is 13.8. The number of nitrogens with one attached hydrogen (secondary N) is 1. The van der Waals surface area contributed by atoms with Gasteiger partial charge in [0, 0.05) is 18.3 Å². The highest BCUT2D eigenvalue weighted by Crippen LogP contribution is 2.20. The molecule has 1 N–H and O–H groups in total. The van der Waals surface area contributed by atoms with Gasteiger partial charge in [-0.15, -0.1) is 0 Å². The van der Waals surface area contributed by atoms with Crippen LogP contribution in [0.15, 0.2) is 48.7 Å². The summed E-state index contributed by atoms with van der Waals surface area (Å²) in [6.07, 6.45) is 4.79. The third-order valence-electron chi connectivity index (χ3n) is 3.82. The highest BCUT2D eigenvalue weighted by molar-refractivity contribution is 5.76. The number of pyridine rings is 1. The summed E-state index contributed by atoms with van der Waals surface area (Å²) in [4.78, 5) is 16.4. The normalized spacial score (nSPS) is 11.7. The van der Waals surface area contributed by atoms with Gasteiger partial charge in [0.15, 0.2) is 0 Å². The number of rotatable bonds is 8. The molecule has 0 bridgehead atoms. The van der Waals surface area contributed by atoms with E-state index in [0.717, 1.165) is 36.3 Å². The summed E-state index contributed by atoms with van der Waals surface area (Å²) in [5, 5.41) is 3.11. The molecule has 0 aliphatic heterocycles. The van der Waals surface area contributed by atoms with Gasteiger partial charge in [-0.3, -0.25) is 9.78 Å². The van der Waals surface area contributed by atoms with Crippen molar-refractivity contribution in [2.45, 2.75) is 38.6 Å². The Morgan fingerprint density at radius 1 is 1.22 bits per heavy atom. The van der Waals surface area contributed by atoms with Crippen LogP contribution in [0.25, 0.3) is 0 Å². The first-order chi connectivity index (χ1) is 11.2. The molecule has 2 rings (SSSR count). The minimum absolute atomic E-state index is 0.0447. The lowest BCUT2D eigenvalue weighted by molar-refractivity contribution is -0.122. The average molecular weight is 312 g/mol. The van der Waals surface area contributed by atoms with Crippen molar-refractivity contribution in [2.24, 2.45) is 0 Å². The molecular weight excluding hydrogens is 288 g/mol. The number of methoxy groups -OCH3 is 1. The molecule has 1 heterocycles. The molecule has 0 aliphatic carbocycles. The molecule has 4 heteroatoms. The molecule has 122 valence electrons. The molecule has 0 aliphatic rings. The second kappa shape index (κ2) is 8.93. The van der Waals surface area contributed by atoms with Crippen molar-refractivity contribution in [2.75, 3.05) is 7.11 Å². The first-order valence-corrected chi connectivity index (χ1v) is 8.06. The fraction of sp³-hybridized carbons (Fsp3) is 0.368. The first kappa shape index (κ1) is 17.0. The lowest BCUT2D eigenvalue weighted by Crippen LogP contribution is -2.28. The van der Waals surface area contributed by atoms with Crippen molar-refractivity contribution in [3.05, 3.63) is 59.9 Å². The number of aromatic nitrogens is 1. The van der Waals surface area contributed by atoms with E-state index < -0.39 is 0 Å². The summed E-state index contributed by atoms with van der Waals surface area (Å²) >= 11 is 0. The van der Waals surface area contributed by atoms with Gasteiger partial charge >= 0.3 is 0 Å². The number of amides is 1. The van der Waals surface area contributed by atoms with Crippen LogP contribution in [0.5, 0.6) is 5.75 Å². The Labute approximate surface area is 137 Å². The molecule has 1 aromatic carbocycles. The number of carbonyl (C=O) groups excluding carboxylic acids is 1. The lowest BCUT2D eigenvalue weighted by atomic mass is 10.0. The molecule has 1 amide bonds. The van der Waals surface area contributed by atoms with Crippen LogP contribution in [0.1, 0.15) is 43.5 Å². The maximum Gasteiger partial charge on any atom is 0.220 e. The van der Waals surface area contributed by atoms with Crippen molar-refractivity contribution in [3.63, 3.8) is 0 Å². The highest BCUT2D eigenvalue weighted by Gasteiger charge is 2.12. The summed E-state index contributed by atoms with van der Waals surface area (Å²) < 4.78 is 5.17. The zero-order valence-corrected chi connectivity index (χ0v) is 13.8. The fourth-order valence-electron chi connectivity index (χ4n) is 2.50. The van der Waals surface area contributed by atoms with Gasteiger partial charge in [0.25, 0.3) is 0 Å². The molecule has 2 aromatic rings. The third-order valence-corrected chi connectivity index (χ3v) is 3.82. The number of aryl methyl sites for hydroxylation is 1. The van der Waals surface area contributed by atoms with E-state index in [-0.39, 0.29) is 11.9 Å². The molecule has 4 nitrogen and oxygen atoms in total. The molecule has 0 unspecified atom stereocenters. The SMILES string of the molecule is CC[C@H](NC(=O)CCCc1ccccn1)c1ccc(OC)cc1. The molecule has 0 radical (unpaired) electrons. The summed E-state index contributed by atoms with van der Waals surface area (Å²) in [5.74, 6) is 0.911. The summed E-state index contributed by atoms with van der Waals surface area (Å²) in [6.45, 7) is 2.07. The van der Waals surface area contributed by atoms with Crippen LogP contribution in [-0.2, 0) is 11.2 Å². The number of carbonyl (C=O) groups is 1. The standard InChI is InChI=1S/C19H24N2O2/c1-3-18(15-10-12-17(23-2)13-11-15)21-19(22)9-6-8-16-7-4-5-14-20-16/h4-5,7,10-14,18H,3,6,8-9H2,1-2H3,(H,21,22)/t18-/m0/s1. The van der Waals surface area contributed by atoms with Gasteiger partial charge in [0.2, 0.25) is 5.91 Å². The number of benzene rings is 1. The molecule has 0 saturated heterocycles. The van der Waals surface area contributed by atoms with Crippen molar-refractivity contribution in [1.82, 2.24) is 10.3 Å². The van der Waals surface area contributed by atoms with Crippen LogP contribution in [-0.4, -0.2) is 18.0 Å². The van der Waals surface area contributed by atoms with Crippen LogP contribution < -0.4 is 10.1 Å². The number of hydrogen-bond donors (Lipinski definition) is 1. The van der Waals surface area contributed by atoms with Gasteiger partial charge in [0.05, 0.1) is 13.2 Å². The van der Waals surface area contributed by atoms with Gasteiger partial charge in [-0.2, -0.15) is 0 Å². The van der Waals surface area contributed by atoms with E-state index in [4.69, 9.17) is 4.74 Å². The molecule has 0 fully saturated rings. The van der Waals surface area contributed by atoms with Crippen LogP contribution in [0.3, 0.4) is 0 Å². The largest absolute Gasteiger partial charge is 0.497 e.